The van der Waals surface area contributed by atoms with Gasteiger partial charge >= 0.3 is 0 Å². The van der Waals surface area contributed by atoms with Crippen LogP contribution in [0.2, 0.25) is 0 Å². The van der Waals surface area contributed by atoms with E-state index in [-0.39, 0.29) is 18.9 Å². The van der Waals surface area contributed by atoms with Gasteiger partial charge in [0.1, 0.15) is 17.9 Å². The van der Waals surface area contributed by atoms with Crippen molar-refractivity contribution in [1.82, 2.24) is 14.4 Å². The van der Waals surface area contributed by atoms with Gasteiger partial charge in [0.05, 0.1) is 19.3 Å². The van der Waals surface area contributed by atoms with E-state index < -0.39 is 12.2 Å². The fourth-order valence-corrected chi connectivity index (χ4v) is 3.34. The molecule has 2 atom stereocenters. The van der Waals surface area contributed by atoms with E-state index >= 15 is 0 Å². The summed E-state index contributed by atoms with van der Waals surface area (Å²) in [6.45, 7) is 2.98. The van der Waals surface area contributed by atoms with Gasteiger partial charge in [-0.3, -0.25) is 9.69 Å². The van der Waals surface area contributed by atoms with Gasteiger partial charge in [-0.1, -0.05) is 0 Å². The standard InChI is InChI=1S/C16H21FN4O2/c1-19-9-12(6-14(19)8-18)10-21-11-13(17)7-15(21)16(22)20-2-4-23-5-3-20/h6,9,13,15H,2-5,7,10-11H2,1H3/t13-,15+/m1/s1. The summed E-state index contributed by atoms with van der Waals surface area (Å²) in [5.74, 6) is -0.00936. The maximum Gasteiger partial charge on any atom is 0.240 e. The highest BCUT2D eigenvalue weighted by Crippen LogP contribution is 2.25. The molecular formula is C16H21FN4O2. The van der Waals surface area contributed by atoms with Crippen LogP contribution in [0.4, 0.5) is 4.39 Å². The van der Waals surface area contributed by atoms with Crippen LogP contribution < -0.4 is 0 Å². The highest BCUT2D eigenvalue weighted by atomic mass is 19.1. The van der Waals surface area contributed by atoms with Crippen LogP contribution in [0.3, 0.4) is 0 Å². The molecule has 0 saturated carbocycles. The summed E-state index contributed by atoms with van der Waals surface area (Å²) >= 11 is 0. The number of likely N-dealkylation sites (tertiary alicyclic amines) is 1. The van der Waals surface area contributed by atoms with Gasteiger partial charge < -0.3 is 14.2 Å². The molecule has 2 aliphatic heterocycles. The number of morpholine rings is 1. The van der Waals surface area contributed by atoms with Crippen molar-refractivity contribution in [2.24, 2.45) is 7.05 Å². The molecule has 2 saturated heterocycles. The van der Waals surface area contributed by atoms with Gasteiger partial charge in [0.2, 0.25) is 5.91 Å². The van der Waals surface area contributed by atoms with Crippen molar-refractivity contribution in [2.75, 3.05) is 32.8 Å². The Morgan fingerprint density at radius 2 is 2.22 bits per heavy atom. The SMILES string of the molecule is Cn1cc(CN2C[C@H](F)C[C@H]2C(=O)N2CCOCC2)cc1C#N. The van der Waals surface area contributed by atoms with Crippen LogP contribution in [0, 0.1) is 11.3 Å². The Bertz CT molecular complexity index is 618. The molecule has 3 heterocycles. The summed E-state index contributed by atoms with van der Waals surface area (Å²) in [6, 6.07) is 3.49. The zero-order valence-electron chi connectivity index (χ0n) is 13.2. The van der Waals surface area contributed by atoms with E-state index in [1.807, 2.05) is 11.1 Å². The number of nitriles is 1. The van der Waals surface area contributed by atoms with E-state index in [0.717, 1.165) is 5.56 Å². The van der Waals surface area contributed by atoms with Crippen molar-refractivity contribution in [1.29, 1.82) is 5.26 Å². The van der Waals surface area contributed by atoms with E-state index in [4.69, 9.17) is 10.00 Å². The van der Waals surface area contributed by atoms with E-state index in [2.05, 4.69) is 6.07 Å². The van der Waals surface area contributed by atoms with Crippen molar-refractivity contribution < 1.29 is 13.9 Å². The Morgan fingerprint density at radius 3 is 2.87 bits per heavy atom. The lowest BCUT2D eigenvalue weighted by Crippen LogP contribution is -2.49. The third kappa shape index (κ3) is 3.38. The van der Waals surface area contributed by atoms with Gasteiger partial charge in [0.15, 0.2) is 0 Å². The zero-order valence-corrected chi connectivity index (χ0v) is 13.2. The second-order valence-electron chi connectivity index (χ2n) is 6.17. The summed E-state index contributed by atoms with van der Waals surface area (Å²) < 4.78 is 20.9. The molecule has 6 nitrogen and oxygen atoms in total. The van der Waals surface area contributed by atoms with Gasteiger partial charge in [-0.15, -0.1) is 0 Å². The van der Waals surface area contributed by atoms with Crippen molar-refractivity contribution in [2.45, 2.75) is 25.2 Å². The van der Waals surface area contributed by atoms with Crippen LogP contribution in [0.15, 0.2) is 12.3 Å². The summed E-state index contributed by atoms with van der Waals surface area (Å²) in [7, 11) is 1.81. The monoisotopic (exact) mass is 320 g/mol. The maximum atomic E-state index is 13.9. The van der Waals surface area contributed by atoms with Crippen LogP contribution in [0.5, 0.6) is 0 Å². The van der Waals surface area contributed by atoms with Crippen molar-refractivity contribution in [3.8, 4) is 6.07 Å². The topological polar surface area (TPSA) is 61.5 Å². The van der Waals surface area contributed by atoms with Crippen LogP contribution >= 0.6 is 0 Å². The molecule has 2 fully saturated rings. The smallest absolute Gasteiger partial charge is 0.240 e. The largest absolute Gasteiger partial charge is 0.378 e. The molecule has 3 rings (SSSR count). The predicted octanol–water partition coefficient (Wildman–Crippen LogP) is 0.668. The average Bonchev–Trinajstić information content (AvgIpc) is 3.10. The molecule has 124 valence electrons. The quantitative estimate of drug-likeness (QED) is 0.821. The third-order valence-corrected chi connectivity index (χ3v) is 4.52. The number of hydrogen-bond acceptors (Lipinski definition) is 4. The second kappa shape index (κ2) is 6.69. The first-order valence-corrected chi connectivity index (χ1v) is 7.88. The summed E-state index contributed by atoms with van der Waals surface area (Å²) in [5.41, 5.74) is 1.49. The summed E-state index contributed by atoms with van der Waals surface area (Å²) in [5, 5.41) is 9.03. The summed E-state index contributed by atoms with van der Waals surface area (Å²) in [6.07, 6.45) is 1.12. The molecule has 1 aromatic heterocycles. The van der Waals surface area contributed by atoms with E-state index in [9.17, 15) is 9.18 Å². The fourth-order valence-electron chi connectivity index (χ4n) is 3.34. The van der Waals surface area contributed by atoms with Gasteiger partial charge in [0, 0.05) is 45.8 Å². The van der Waals surface area contributed by atoms with E-state index in [1.54, 1.807) is 22.6 Å². The molecular weight excluding hydrogens is 299 g/mol. The molecule has 0 N–H and O–H groups in total. The maximum absolute atomic E-state index is 13.9. The molecule has 0 aliphatic carbocycles. The number of hydrogen-bond donors (Lipinski definition) is 0. The Morgan fingerprint density at radius 1 is 1.48 bits per heavy atom. The first kappa shape index (κ1) is 16.0. The number of halogens is 1. The number of aromatic nitrogens is 1. The Balaban J connectivity index is 1.71. The zero-order chi connectivity index (χ0) is 16.4. The van der Waals surface area contributed by atoms with Gasteiger partial charge in [-0.05, 0) is 11.6 Å². The number of rotatable bonds is 3. The number of aryl methyl sites for hydroxylation is 1. The number of ether oxygens (including phenoxy) is 1. The second-order valence-corrected chi connectivity index (χ2v) is 6.17. The van der Waals surface area contributed by atoms with Crippen LogP contribution in [0.1, 0.15) is 17.7 Å². The van der Waals surface area contributed by atoms with Crippen molar-refractivity contribution >= 4 is 5.91 Å². The van der Waals surface area contributed by atoms with Gasteiger partial charge in [0.25, 0.3) is 0 Å². The number of nitrogens with zero attached hydrogens (tertiary/aromatic N) is 4. The minimum atomic E-state index is -0.982. The molecule has 1 aromatic rings. The Labute approximate surface area is 135 Å². The van der Waals surface area contributed by atoms with E-state index in [1.165, 1.54) is 0 Å². The highest BCUT2D eigenvalue weighted by molar-refractivity contribution is 5.82. The Kier molecular flexibility index (Phi) is 4.64. The number of carbonyl (C=O) groups is 1. The van der Waals surface area contributed by atoms with Crippen molar-refractivity contribution in [3.63, 3.8) is 0 Å². The first-order valence-electron chi connectivity index (χ1n) is 7.88. The predicted molar refractivity (Wildman–Crippen MR) is 81.2 cm³/mol. The lowest BCUT2D eigenvalue weighted by atomic mass is 10.1. The number of alkyl halides is 1. The molecule has 0 spiro atoms. The van der Waals surface area contributed by atoms with Gasteiger partial charge in [-0.25, -0.2) is 4.39 Å². The van der Waals surface area contributed by atoms with Crippen LogP contribution in [-0.4, -0.2) is 65.3 Å². The molecule has 2 aliphatic rings. The first-order chi connectivity index (χ1) is 11.1. The third-order valence-electron chi connectivity index (χ3n) is 4.52. The van der Waals surface area contributed by atoms with Gasteiger partial charge in [-0.2, -0.15) is 5.26 Å². The summed E-state index contributed by atoms with van der Waals surface area (Å²) in [4.78, 5) is 16.3. The highest BCUT2D eigenvalue weighted by Gasteiger charge is 2.39. The molecule has 7 heteroatoms. The molecule has 0 aromatic carbocycles. The average molecular weight is 320 g/mol. The van der Waals surface area contributed by atoms with Crippen LogP contribution in [0.25, 0.3) is 0 Å². The van der Waals surface area contributed by atoms with Crippen molar-refractivity contribution in [3.05, 3.63) is 23.5 Å². The van der Waals surface area contributed by atoms with Crippen LogP contribution in [-0.2, 0) is 23.1 Å². The normalized spacial score (nSPS) is 25.5. The minimum Gasteiger partial charge on any atom is -0.378 e. The van der Waals surface area contributed by atoms with E-state index in [0.29, 0.717) is 38.5 Å². The molecule has 0 unspecified atom stereocenters. The number of carbonyl (C=O) groups excluding carboxylic acids is 1. The lowest BCUT2D eigenvalue weighted by molar-refractivity contribution is -0.140. The Hall–Kier alpha value is -1.91. The molecule has 1 amide bonds. The molecule has 0 bridgehead atoms. The molecule has 23 heavy (non-hydrogen) atoms. The minimum absolute atomic E-state index is 0.00936. The number of amides is 1. The molecule has 0 radical (unpaired) electrons. The fraction of sp³-hybridized carbons (Fsp3) is 0.625. The lowest BCUT2D eigenvalue weighted by Gasteiger charge is -2.32.